The van der Waals surface area contributed by atoms with Gasteiger partial charge in [-0.1, -0.05) is 30.3 Å². The van der Waals surface area contributed by atoms with Crippen molar-refractivity contribution in [1.29, 1.82) is 0 Å². The van der Waals surface area contributed by atoms with E-state index in [9.17, 15) is 28.4 Å². The smallest absolute Gasteiger partial charge is 0.422 e. The van der Waals surface area contributed by atoms with Crippen LogP contribution in [0.3, 0.4) is 0 Å². The van der Waals surface area contributed by atoms with E-state index in [1.807, 2.05) is 30.3 Å². The van der Waals surface area contributed by atoms with Crippen LogP contribution in [-0.4, -0.2) is 75.1 Å². The van der Waals surface area contributed by atoms with Crippen LogP contribution in [0.25, 0.3) is 0 Å². The summed E-state index contributed by atoms with van der Waals surface area (Å²) in [4.78, 5) is 26.5. The zero-order valence-corrected chi connectivity index (χ0v) is 19.9. The normalized spacial score (nSPS) is 14.6. The molecule has 0 unspecified atom stereocenters. The molecule has 1 aromatic heterocycles. The number of aromatic hydroxyl groups is 1. The summed E-state index contributed by atoms with van der Waals surface area (Å²) in [6, 6.07) is 12.8. The second kappa shape index (κ2) is 11.7. The SMILES string of the molecule is O=[N+]([O-])c1ccc(O)c(/C=N\Nc2nc(OCC(F)(F)F)nc(N3CCN(Cc4ccccc4)CC3)n2)c1. The van der Waals surface area contributed by atoms with Gasteiger partial charge in [-0.05, 0) is 11.6 Å². The molecule has 0 atom stereocenters. The van der Waals surface area contributed by atoms with Gasteiger partial charge in [0.2, 0.25) is 5.95 Å². The maximum absolute atomic E-state index is 12.7. The fourth-order valence-corrected chi connectivity index (χ4v) is 3.61. The largest absolute Gasteiger partial charge is 0.507 e. The third-order valence-corrected chi connectivity index (χ3v) is 5.46. The number of aromatic nitrogens is 3. The van der Waals surface area contributed by atoms with Crippen LogP contribution in [0.1, 0.15) is 11.1 Å². The summed E-state index contributed by atoms with van der Waals surface area (Å²) in [7, 11) is 0. The first-order valence-electron chi connectivity index (χ1n) is 11.4. The highest BCUT2D eigenvalue weighted by atomic mass is 19.4. The number of ether oxygens (including phenoxy) is 1. The Balaban J connectivity index is 1.48. The number of hydrazone groups is 1. The summed E-state index contributed by atoms with van der Waals surface area (Å²) in [5.41, 5.74) is 3.39. The van der Waals surface area contributed by atoms with E-state index in [1.54, 1.807) is 4.90 Å². The van der Waals surface area contributed by atoms with Crippen molar-refractivity contribution in [3.8, 4) is 11.8 Å². The van der Waals surface area contributed by atoms with Crippen LogP contribution in [0.2, 0.25) is 0 Å². The lowest BCUT2D eigenvalue weighted by Gasteiger charge is -2.34. The molecule has 2 aromatic carbocycles. The zero-order valence-electron chi connectivity index (χ0n) is 19.9. The quantitative estimate of drug-likeness (QED) is 0.240. The van der Waals surface area contributed by atoms with Gasteiger partial charge in [-0.3, -0.25) is 15.0 Å². The van der Waals surface area contributed by atoms with Crippen molar-refractivity contribution in [3.63, 3.8) is 0 Å². The van der Waals surface area contributed by atoms with Crippen molar-refractivity contribution in [2.75, 3.05) is 43.1 Å². The van der Waals surface area contributed by atoms with Gasteiger partial charge in [0.05, 0.1) is 11.1 Å². The number of nitro groups is 1. The molecule has 4 rings (SSSR count). The Labute approximate surface area is 214 Å². The fraction of sp³-hybridized carbons (Fsp3) is 0.304. The highest BCUT2D eigenvalue weighted by Gasteiger charge is 2.29. The molecule has 1 saturated heterocycles. The molecule has 38 heavy (non-hydrogen) atoms. The molecule has 2 heterocycles. The number of nitrogens with one attached hydrogen (secondary N) is 1. The maximum Gasteiger partial charge on any atom is 0.422 e. The summed E-state index contributed by atoms with van der Waals surface area (Å²) < 4.78 is 42.9. The first kappa shape index (κ1) is 26.5. The van der Waals surface area contributed by atoms with Crippen LogP contribution in [0.4, 0.5) is 30.8 Å². The lowest BCUT2D eigenvalue weighted by molar-refractivity contribution is -0.384. The molecule has 1 aliphatic rings. The molecule has 12 nitrogen and oxygen atoms in total. The lowest BCUT2D eigenvalue weighted by atomic mass is 10.2. The van der Waals surface area contributed by atoms with E-state index >= 15 is 0 Å². The van der Waals surface area contributed by atoms with E-state index in [2.05, 4.69) is 30.4 Å². The Kier molecular flexibility index (Phi) is 8.15. The summed E-state index contributed by atoms with van der Waals surface area (Å²) >= 11 is 0. The van der Waals surface area contributed by atoms with Crippen molar-refractivity contribution >= 4 is 23.8 Å². The van der Waals surface area contributed by atoms with Gasteiger partial charge in [-0.2, -0.15) is 33.2 Å². The number of hydrogen-bond donors (Lipinski definition) is 2. The van der Waals surface area contributed by atoms with Crippen molar-refractivity contribution in [1.82, 2.24) is 19.9 Å². The molecule has 200 valence electrons. The van der Waals surface area contributed by atoms with E-state index in [1.165, 1.54) is 5.56 Å². The van der Waals surface area contributed by atoms with Gasteiger partial charge in [0.15, 0.2) is 6.61 Å². The third-order valence-electron chi connectivity index (χ3n) is 5.46. The third kappa shape index (κ3) is 7.49. The van der Waals surface area contributed by atoms with Crippen molar-refractivity contribution in [3.05, 3.63) is 69.8 Å². The maximum atomic E-state index is 12.7. The summed E-state index contributed by atoms with van der Waals surface area (Å²) in [5, 5.41) is 24.7. The van der Waals surface area contributed by atoms with Crippen molar-refractivity contribution in [2.45, 2.75) is 12.7 Å². The predicted molar refractivity (Wildman–Crippen MR) is 131 cm³/mol. The molecule has 0 amide bonds. The Hall–Kier alpha value is -4.53. The molecule has 3 aromatic rings. The lowest BCUT2D eigenvalue weighted by Crippen LogP contribution is -2.46. The van der Waals surface area contributed by atoms with E-state index in [0.29, 0.717) is 26.2 Å². The monoisotopic (exact) mass is 532 g/mol. The average Bonchev–Trinajstić information content (AvgIpc) is 2.89. The Morgan fingerprint density at radius 3 is 2.53 bits per heavy atom. The van der Waals surface area contributed by atoms with Gasteiger partial charge in [0, 0.05) is 50.4 Å². The van der Waals surface area contributed by atoms with Gasteiger partial charge in [-0.25, -0.2) is 5.43 Å². The number of phenolic OH excluding ortho intramolecular Hbond substituents is 1. The molecule has 0 bridgehead atoms. The Morgan fingerprint density at radius 1 is 1.11 bits per heavy atom. The number of nitro benzene ring substituents is 1. The molecular formula is C23H23F3N8O4. The number of non-ortho nitro benzene ring substituents is 1. The van der Waals surface area contributed by atoms with Gasteiger partial charge in [0.1, 0.15) is 5.75 Å². The van der Waals surface area contributed by atoms with Gasteiger partial charge in [0.25, 0.3) is 11.6 Å². The van der Waals surface area contributed by atoms with Crippen LogP contribution >= 0.6 is 0 Å². The highest BCUT2D eigenvalue weighted by Crippen LogP contribution is 2.23. The number of alkyl halides is 3. The van der Waals surface area contributed by atoms with E-state index in [-0.39, 0.29) is 28.9 Å². The van der Waals surface area contributed by atoms with Crippen LogP contribution < -0.4 is 15.1 Å². The average molecular weight is 532 g/mol. The number of phenols is 1. The molecule has 0 radical (unpaired) electrons. The Bertz CT molecular complexity index is 1290. The number of hydrogen-bond acceptors (Lipinski definition) is 11. The van der Waals surface area contributed by atoms with Crippen LogP contribution in [0.5, 0.6) is 11.8 Å². The van der Waals surface area contributed by atoms with Crippen LogP contribution in [-0.2, 0) is 6.54 Å². The van der Waals surface area contributed by atoms with Gasteiger partial charge < -0.3 is 14.7 Å². The summed E-state index contributed by atoms with van der Waals surface area (Å²) in [6.07, 6.45) is -3.51. The molecule has 15 heteroatoms. The molecule has 0 spiro atoms. The first-order valence-corrected chi connectivity index (χ1v) is 11.4. The molecular weight excluding hydrogens is 509 g/mol. The van der Waals surface area contributed by atoms with E-state index in [4.69, 9.17) is 4.74 Å². The van der Waals surface area contributed by atoms with E-state index in [0.717, 1.165) is 31.0 Å². The molecule has 2 N–H and O–H groups in total. The first-order chi connectivity index (χ1) is 18.2. The number of rotatable bonds is 9. The highest BCUT2D eigenvalue weighted by molar-refractivity contribution is 5.84. The zero-order chi connectivity index (χ0) is 27.1. The summed E-state index contributed by atoms with van der Waals surface area (Å²) in [6.45, 7) is 1.54. The second-order valence-corrected chi connectivity index (χ2v) is 8.26. The number of piperazine rings is 1. The van der Waals surface area contributed by atoms with Crippen molar-refractivity contribution < 1.29 is 27.9 Å². The second-order valence-electron chi connectivity index (χ2n) is 8.26. The van der Waals surface area contributed by atoms with Gasteiger partial charge in [-0.15, -0.1) is 0 Å². The Morgan fingerprint density at radius 2 is 1.84 bits per heavy atom. The molecule has 0 saturated carbocycles. The number of anilines is 2. The minimum Gasteiger partial charge on any atom is -0.507 e. The number of halogens is 3. The van der Waals surface area contributed by atoms with Crippen molar-refractivity contribution in [2.24, 2.45) is 5.10 Å². The van der Waals surface area contributed by atoms with E-state index < -0.39 is 23.7 Å². The standard InChI is InChI=1S/C23H23F3N8O4/c24-23(25,26)15-38-22-29-20(31-27-13-17-12-18(34(36)37)6-7-19(17)35)28-21(30-22)33-10-8-32(9-11-33)14-16-4-2-1-3-5-16/h1-7,12-13,35H,8-11,14-15H2,(H,28,29,30,31)/b27-13-. The summed E-state index contributed by atoms with van der Waals surface area (Å²) in [5.74, 6) is -0.368. The predicted octanol–water partition coefficient (Wildman–Crippen LogP) is 3.19. The topological polar surface area (TPSA) is 142 Å². The molecule has 0 aliphatic carbocycles. The number of nitrogens with zero attached hydrogens (tertiary/aromatic N) is 7. The van der Waals surface area contributed by atoms with Gasteiger partial charge >= 0.3 is 12.2 Å². The number of benzene rings is 2. The van der Waals surface area contributed by atoms with Crippen LogP contribution in [0, 0.1) is 10.1 Å². The minimum absolute atomic E-state index is 0.0315. The molecule has 1 aliphatic heterocycles. The minimum atomic E-state index is -4.60. The fourth-order valence-electron chi connectivity index (χ4n) is 3.61. The molecule has 1 fully saturated rings. The van der Waals surface area contributed by atoms with Crippen LogP contribution in [0.15, 0.2) is 53.6 Å².